The Hall–Kier alpha value is -3.08. The highest BCUT2D eigenvalue weighted by atomic mass is 35.5. The number of aromatic nitrogens is 3. The van der Waals surface area contributed by atoms with E-state index in [0.29, 0.717) is 23.5 Å². The molecule has 29 heavy (non-hydrogen) atoms. The van der Waals surface area contributed by atoms with Gasteiger partial charge in [-0.15, -0.1) is 0 Å². The third kappa shape index (κ3) is 4.50. The Balaban J connectivity index is 1.99. The fourth-order valence-corrected chi connectivity index (χ4v) is 2.50. The van der Waals surface area contributed by atoms with Gasteiger partial charge in [0.1, 0.15) is 0 Å². The minimum atomic E-state index is -5.03. The number of halogens is 7. The van der Waals surface area contributed by atoms with Gasteiger partial charge in [-0.3, -0.25) is 4.79 Å². The number of hydrogen-bond acceptors (Lipinski definition) is 3. The van der Waals surface area contributed by atoms with Crippen LogP contribution in [0.1, 0.15) is 21.6 Å². The van der Waals surface area contributed by atoms with Crippen LogP contribution in [-0.4, -0.2) is 20.7 Å². The molecule has 0 atom stereocenters. The second-order valence-electron chi connectivity index (χ2n) is 5.68. The molecule has 0 spiro atoms. The minimum absolute atomic E-state index is 0.188. The summed E-state index contributed by atoms with van der Waals surface area (Å²) in [6, 6.07) is 6.92. The number of pyridine rings is 1. The van der Waals surface area contributed by atoms with E-state index in [2.05, 4.69) is 15.4 Å². The Bertz CT molecular complexity index is 1030. The van der Waals surface area contributed by atoms with Crippen molar-refractivity contribution in [1.82, 2.24) is 14.8 Å². The molecule has 1 N–H and O–H groups in total. The Morgan fingerprint density at radius 2 is 1.59 bits per heavy atom. The van der Waals surface area contributed by atoms with Gasteiger partial charge in [0, 0.05) is 16.9 Å². The number of benzene rings is 1. The first-order chi connectivity index (χ1) is 13.5. The largest absolute Gasteiger partial charge is 0.434 e. The van der Waals surface area contributed by atoms with Gasteiger partial charge >= 0.3 is 12.4 Å². The van der Waals surface area contributed by atoms with Crippen LogP contribution in [0, 0.1) is 0 Å². The average molecular weight is 435 g/mol. The van der Waals surface area contributed by atoms with Gasteiger partial charge in [-0.2, -0.15) is 31.4 Å². The molecule has 3 rings (SSSR count). The van der Waals surface area contributed by atoms with Crippen molar-refractivity contribution in [2.75, 3.05) is 5.32 Å². The number of nitrogens with zero attached hydrogens (tertiary/aromatic N) is 3. The maximum absolute atomic E-state index is 13.6. The maximum atomic E-state index is 13.6. The van der Waals surface area contributed by atoms with E-state index in [1.807, 2.05) is 0 Å². The zero-order valence-corrected chi connectivity index (χ0v) is 14.8. The summed E-state index contributed by atoms with van der Waals surface area (Å²) >= 11 is 5.71. The fraction of sp³-hybridized carbons (Fsp3) is 0.118. The van der Waals surface area contributed by atoms with Gasteiger partial charge in [-0.1, -0.05) is 11.6 Å². The quantitative estimate of drug-likeness (QED) is 0.576. The van der Waals surface area contributed by atoms with Crippen molar-refractivity contribution >= 4 is 23.2 Å². The van der Waals surface area contributed by atoms with Crippen molar-refractivity contribution < 1.29 is 31.1 Å². The summed E-state index contributed by atoms with van der Waals surface area (Å²) in [5.41, 5.74) is -3.25. The van der Waals surface area contributed by atoms with E-state index in [0.717, 1.165) is 6.07 Å². The zero-order valence-electron chi connectivity index (χ0n) is 14.0. The third-order valence-electron chi connectivity index (χ3n) is 3.68. The highest BCUT2D eigenvalue weighted by molar-refractivity contribution is 6.30. The average Bonchev–Trinajstić information content (AvgIpc) is 3.09. The third-order valence-corrected chi connectivity index (χ3v) is 3.93. The molecule has 2 heterocycles. The summed E-state index contributed by atoms with van der Waals surface area (Å²) in [6.45, 7) is 0. The molecule has 12 heteroatoms. The van der Waals surface area contributed by atoms with E-state index in [9.17, 15) is 31.1 Å². The van der Waals surface area contributed by atoms with Crippen LogP contribution in [0.25, 0.3) is 5.82 Å². The summed E-state index contributed by atoms with van der Waals surface area (Å²) in [4.78, 5) is 15.7. The molecule has 0 bridgehead atoms. The van der Waals surface area contributed by atoms with Crippen molar-refractivity contribution in [3.8, 4) is 5.82 Å². The minimum Gasteiger partial charge on any atom is -0.322 e. The molecular weight excluding hydrogens is 426 g/mol. The van der Waals surface area contributed by atoms with E-state index in [4.69, 9.17) is 11.6 Å². The number of carbonyl (C=O) groups is 1. The smallest absolute Gasteiger partial charge is 0.322 e. The molecule has 0 saturated carbocycles. The van der Waals surface area contributed by atoms with Gasteiger partial charge in [0.25, 0.3) is 5.91 Å². The monoisotopic (exact) mass is 434 g/mol. The van der Waals surface area contributed by atoms with Crippen molar-refractivity contribution in [2.24, 2.45) is 0 Å². The second-order valence-corrected chi connectivity index (χ2v) is 6.12. The molecule has 0 unspecified atom stereocenters. The van der Waals surface area contributed by atoms with E-state index in [1.54, 1.807) is 0 Å². The van der Waals surface area contributed by atoms with Crippen LogP contribution >= 0.6 is 11.6 Å². The number of hydrogen-bond donors (Lipinski definition) is 1. The van der Waals surface area contributed by atoms with Gasteiger partial charge in [-0.25, -0.2) is 9.67 Å². The van der Waals surface area contributed by atoms with Crippen molar-refractivity contribution in [3.63, 3.8) is 0 Å². The van der Waals surface area contributed by atoms with E-state index < -0.39 is 40.9 Å². The van der Waals surface area contributed by atoms with Crippen LogP contribution in [-0.2, 0) is 12.4 Å². The van der Waals surface area contributed by atoms with Crippen molar-refractivity contribution in [2.45, 2.75) is 12.4 Å². The first-order valence-electron chi connectivity index (χ1n) is 7.72. The SMILES string of the molecule is O=C(Nc1ccc(Cl)cc1)c1cnn(-c2ccc(C(F)(F)F)cn2)c1C(F)(F)F. The lowest BCUT2D eigenvalue weighted by Gasteiger charge is -2.13. The molecule has 1 amide bonds. The topological polar surface area (TPSA) is 59.8 Å². The molecule has 0 aliphatic heterocycles. The number of carbonyl (C=O) groups excluding carboxylic acids is 1. The lowest BCUT2D eigenvalue weighted by atomic mass is 10.2. The fourth-order valence-electron chi connectivity index (χ4n) is 2.37. The Morgan fingerprint density at radius 3 is 2.10 bits per heavy atom. The normalized spacial score (nSPS) is 12.1. The molecule has 0 saturated heterocycles. The lowest BCUT2D eigenvalue weighted by Crippen LogP contribution is -2.21. The molecule has 0 fully saturated rings. The second kappa shape index (κ2) is 7.39. The van der Waals surface area contributed by atoms with E-state index in [-0.39, 0.29) is 10.4 Å². The highest BCUT2D eigenvalue weighted by Crippen LogP contribution is 2.34. The molecule has 0 radical (unpaired) electrons. The molecule has 2 aromatic heterocycles. The van der Waals surface area contributed by atoms with Gasteiger partial charge in [0.2, 0.25) is 0 Å². The zero-order chi connectivity index (χ0) is 21.4. The summed E-state index contributed by atoms with van der Waals surface area (Å²) in [5.74, 6) is -1.64. The Kier molecular flexibility index (Phi) is 5.26. The van der Waals surface area contributed by atoms with Gasteiger partial charge in [-0.05, 0) is 36.4 Å². The standard InChI is InChI=1S/C17H9ClF6N4O/c18-10-2-4-11(5-3-10)27-15(29)12-8-26-28(14(12)17(22,23)24)13-6-1-9(7-25-13)16(19,20)21/h1-8H,(H,27,29). The molecule has 1 aromatic carbocycles. The molecule has 0 aliphatic rings. The first kappa shape index (κ1) is 20.6. The van der Waals surface area contributed by atoms with Gasteiger partial charge < -0.3 is 5.32 Å². The maximum Gasteiger partial charge on any atom is 0.434 e. The summed E-state index contributed by atoms with van der Waals surface area (Å²) in [5, 5.41) is 6.13. The summed E-state index contributed by atoms with van der Waals surface area (Å²) in [6.07, 6.45) is -8.70. The highest BCUT2D eigenvalue weighted by Gasteiger charge is 2.41. The molecule has 5 nitrogen and oxygen atoms in total. The predicted octanol–water partition coefficient (Wildman–Crippen LogP) is 5.21. The molecule has 3 aromatic rings. The van der Waals surface area contributed by atoms with Crippen LogP contribution in [0.4, 0.5) is 32.0 Å². The van der Waals surface area contributed by atoms with E-state index >= 15 is 0 Å². The molecule has 0 aliphatic carbocycles. The number of anilines is 1. The van der Waals surface area contributed by atoms with Crippen molar-refractivity contribution in [3.05, 3.63) is 70.6 Å². The van der Waals surface area contributed by atoms with Crippen LogP contribution in [0.3, 0.4) is 0 Å². The van der Waals surface area contributed by atoms with E-state index in [1.165, 1.54) is 24.3 Å². The predicted molar refractivity (Wildman–Crippen MR) is 90.8 cm³/mol. The molecule has 152 valence electrons. The number of rotatable bonds is 3. The van der Waals surface area contributed by atoms with Crippen LogP contribution < -0.4 is 5.32 Å². The summed E-state index contributed by atoms with van der Waals surface area (Å²) in [7, 11) is 0. The van der Waals surface area contributed by atoms with Gasteiger partial charge in [0.15, 0.2) is 11.5 Å². The first-order valence-corrected chi connectivity index (χ1v) is 8.10. The number of nitrogens with one attached hydrogen (secondary N) is 1. The van der Waals surface area contributed by atoms with Crippen LogP contribution in [0.15, 0.2) is 48.8 Å². The Morgan fingerprint density at radius 1 is 0.931 bits per heavy atom. The molecular formula is C17H9ClF6N4O. The lowest BCUT2D eigenvalue weighted by molar-refractivity contribution is -0.143. The number of alkyl halides is 6. The van der Waals surface area contributed by atoms with Crippen LogP contribution in [0.5, 0.6) is 0 Å². The van der Waals surface area contributed by atoms with Crippen molar-refractivity contribution in [1.29, 1.82) is 0 Å². The summed E-state index contributed by atoms with van der Waals surface area (Å²) < 4.78 is 78.9. The Labute approximate surface area is 163 Å². The van der Waals surface area contributed by atoms with Crippen LogP contribution in [0.2, 0.25) is 5.02 Å². The number of amides is 1. The van der Waals surface area contributed by atoms with Gasteiger partial charge in [0.05, 0.1) is 17.3 Å².